The third-order valence-electron chi connectivity index (χ3n) is 2.87. The van der Waals surface area contributed by atoms with Gasteiger partial charge in [0, 0.05) is 24.0 Å². The molecule has 1 saturated carbocycles. The van der Waals surface area contributed by atoms with Crippen LogP contribution in [0.5, 0.6) is 0 Å². The van der Waals surface area contributed by atoms with E-state index in [4.69, 9.17) is 11.6 Å². The molecule has 0 amide bonds. The number of rotatable bonds is 3. The molecular formula is C13H11ClFN3. The maximum absolute atomic E-state index is 13.3. The molecule has 3 nitrogen and oxygen atoms in total. The first kappa shape index (κ1) is 11.4. The van der Waals surface area contributed by atoms with Gasteiger partial charge in [0.1, 0.15) is 5.82 Å². The van der Waals surface area contributed by atoms with Crippen LogP contribution in [0.4, 0.5) is 15.9 Å². The first-order chi connectivity index (χ1) is 8.74. The van der Waals surface area contributed by atoms with Crippen molar-refractivity contribution in [2.24, 2.45) is 0 Å². The van der Waals surface area contributed by atoms with E-state index in [1.807, 2.05) is 0 Å². The number of hydrogen-bond acceptors (Lipinski definition) is 3. The normalized spacial score (nSPS) is 14.6. The number of hydrogen-bond donors (Lipinski definition) is 1. The summed E-state index contributed by atoms with van der Waals surface area (Å²) in [4.78, 5) is 8.59. The Morgan fingerprint density at radius 2 is 2.00 bits per heavy atom. The molecule has 0 radical (unpaired) electrons. The molecule has 0 spiro atoms. The largest absolute Gasteiger partial charge is 0.339 e. The zero-order valence-corrected chi connectivity index (χ0v) is 10.3. The number of halogens is 2. The van der Waals surface area contributed by atoms with Crippen LogP contribution in [-0.4, -0.2) is 9.97 Å². The van der Waals surface area contributed by atoms with Crippen molar-refractivity contribution < 1.29 is 4.39 Å². The lowest BCUT2D eigenvalue weighted by Crippen LogP contribution is -2.00. The molecule has 1 N–H and O–H groups in total. The summed E-state index contributed by atoms with van der Waals surface area (Å²) in [6.07, 6.45) is 5.59. The van der Waals surface area contributed by atoms with E-state index in [1.54, 1.807) is 18.5 Å². The molecule has 5 heteroatoms. The fourth-order valence-corrected chi connectivity index (χ4v) is 1.93. The zero-order chi connectivity index (χ0) is 12.5. The summed E-state index contributed by atoms with van der Waals surface area (Å²) in [7, 11) is 0. The van der Waals surface area contributed by atoms with Gasteiger partial charge in [0.2, 0.25) is 0 Å². The van der Waals surface area contributed by atoms with E-state index < -0.39 is 5.82 Å². The van der Waals surface area contributed by atoms with Crippen molar-refractivity contribution in [2.45, 2.75) is 18.8 Å². The van der Waals surface area contributed by atoms with Crippen LogP contribution in [0.15, 0.2) is 30.6 Å². The van der Waals surface area contributed by atoms with E-state index in [9.17, 15) is 4.39 Å². The van der Waals surface area contributed by atoms with Crippen LogP contribution >= 0.6 is 11.6 Å². The number of nitrogens with zero attached hydrogens (tertiary/aromatic N) is 2. The van der Waals surface area contributed by atoms with E-state index in [0.29, 0.717) is 17.4 Å². The lowest BCUT2D eigenvalue weighted by molar-refractivity contribution is 0.629. The standard InChI is InChI=1S/C13H11ClFN3/c14-10-4-3-9(7-11(10)15)18-13-12(8-1-2-8)16-5-6-17-13/h3-8H,1-2H2,(H,17,18). The average molecular weight is 264 g/mol. The van der Waals surface area contributed by atoms with Gasteiger partial charge in [-0.3, -0.25) is 4.98 Å². The molecule has 1 aliphatic rings. The highest BCUT2D eigenvalue weighted by atomic mass is 35.5. The molecule has 0 atom stereocenters. The van der Waals surface area contributed by atoms with E-state index >= 15 is 0 Å². The Labute approximate surface area is 109 Å². The predicted octanol–water partition coefficient (Wildman–Crippen LogP) is 3.89. The fourth-order valence-electron chi connectivity index (χ4n) is 1.81. The van der Waals surface area contributed by atoms with Crippen molar-refractivity contribution in [2.75, 3.05) is 5.32 Å². The maximum atomic E-state index is 13.3. The minimum absolute atomic E-state index is 0.113. The van der Waals surface area contributed by atoms with Gasteiger partial charge >= 0.3 is 0 Å². The molecule has 92 valence electrons. The molecule has 0 unspecified atom stereocenters. The van der Waals surface area contributed by atoms with Gasteiger partial charge in [-0.1, -0.05) is 11.6 Å². The highest BCUT2D eigenvalue weighted by Crippen LogP contribution is 2.41. The minimum atomic E-state index is -0.446. The van der Waals surface area contributed by atoms with Gasteiger partial charge < -0.3 is 5.32 Å². The molecule has 0 aliphatic heterocycles. The minimum Gasteiger partial charge on any atom is -0.339 e. The number of anilines is 2. The van der Waals surface area contributed by atoms with Crippen LogP contribution in [0.2, 0.25) is 5.02 Å². The van der Waals surface area contributed by atoms with Crippen molar-refractivity contribution in [3.63, 3.8) is 0 Å². The van der Waals surface area contributed by atoms with Gasteiger partial charge in [0.25, 0.3) is 0 Å². The molecule has 0 saturated heterocycles. The van der Waals surface area contributed by atoms with E-state index in [2.05, 4.69) is 15.3 Å². The third-order valence-corrected chi connectivity index (χ3v) is 3.18. The second-order valence-corrected chi connectivity index (χ2v) is 4.73. The van der Waals surface area contributed by atoms with Gasteiger partial charge in [0.05, 0.1) is 10.7 Å². The Morgan fingerprint density at radius 1 is 1.22 bits per heavy atom. The van der Waals surface area contributed by atoms with Crippen molar-refractivity contribution >= 4 is 23.1 Å². The van der Waals surface area contributed by atoms with Crippen LogP contribution in [-0.2, 0) is 0 Å². The molecule has 1 fully saturated rings. The van der Waals surface area contributed by atoms with Gasteiger partial charge in [-0.2, -0.15) is 0 Å². The Balaban J connectivity index is 1.89. The second kappa shape index (κ2) is 4.53. The zero-order valence-electron chi connectivity index (χ0n) is 9.53. The smallest absolute Gasteiger partial charge is 0.152 e. The van der Waals surface area contributed by atoms with Crippen LogP contribution in [0.1, 0.15) is 24.5 Å². The third kappa shape index (κ3) is 2.29. The number of aromatic nitrogens is 2. The summed E-state index contributed by atoms with van der Waals surface area (Å²) < 4.78 is 13.3. The molecule has 2 aromatic rings. The van der Waals surface area contributed by atoms with Crippen molar-refractivity contribution in [3.05, 3.63) is 47.1 Å². The topological polar surface area (TPSA) is 37.8 Å². The second-order valence-electron chi connectivity index (χ2n) is 4.32. The van der Waals surface area contributed by atoms with Gasteiger partial charge in [-0.05, 0) is 31.0 Å². The Kier molecular flexibility index (Phi) is 2.88. The molecule has 1 aromatic heterocycles. The molecule has 1 aliphatic carbocycles. The summed E-state index contributed by atoms with van der Waals surface area (Å²) in [5.74, 6) is 0.735. The first-order valence-corrected chi connectivity index (χ1v) is 6.15. The van der Waals surface area contributed by atoms with Crippen molar-refractivity contribution in [1.29, 1.82) is 0 Å². The molecule has 3 rings (SSSR count). The van der Waals surface area contributed by atoms with Crippen LogP contribution < -0.4 is 5.32 Å². The van der Waals surface area contributed by atoms with Gasteiger partial charge in [-0.15, -0.1) is 0 Å². The predicted molar refractivity (Wildman–Crippen MR) is 68.7 cm³/mol. The Bertz CT molecular complexity index is 584. The van der Waals surface area contributed by atoms with Gasteiger partial charge in [0.15, 0.2) is 5.82 Å². The van der Waals surface area contributed by atoms with Gasteiger partial charge in [-0.25, -0.2) is 9.37 Å². The SMILES string of the molecule is Fc1cc(Nc2nccnc2C2CC2)ccc1Cl. The summed E-state index contributed by atoms with van der Waals surface area (Å²) in [5.41, 5.74) is 1.58. The number of nitrogens with one attached hydrogen (secondary N) is 1. The molecule has 1 aromatic carbocycles. The fraction of sp³-hybridized carbons (Fsp3) is 0.231. The summed E-state index contributed by atoms with van der Waals surface area (Å²) in [5, 5.41) is 3.20. The molecule has 1 heterocycles. The van der Waals surface area contributed by atoms with Crippen molar-refractivity contribution in [1.82, 2.24) is 9.97 Å². The van der Waals surface area contributed by atoms with E-state index in [-0.39, 0.29) is 5.02 Å². The lowest BCUT2D eigenvalue weighted by atomic mass is 10.2. The maximum Gasteiger partial charge on any atom is 0.152 e. The summed E-state index contributed by atoms with van der Waals surface area (Å²) in [6, 6.07) is 4.59. The van der Waals surface area contributed by atoms with E-state index in [1.165, 1.54) is 12.1 Å². The highest BCUT2D eigenvalue weighted by Gasteiger charge is 2.28. The van der Waals surface area contributed by atoms with Crippen LogP contribution in [0, 0.1) is 5.82 Å². The quantitative estimate of drug-likeness (QED) is 0.913. The summed E-state index contributed by atoms with van der Waals surface area (Å²) in [6.45, 7) is 0. The molecular weight excluding hydrogens is 253 g/mol. The van der Waals surface area contributed by atoms with Crippen LogP contribution in [0.25, 0.3) is 0 Å². The Hall–Kier alpha value is -1.68. The molecule has 18 heavy (non-hydrogen) atoms. The number of benzene rings is 1. The van der Waals surface area contributed by atoms with E-state index in [0.717, 1.165) is 18.5 Å². The first-order valence-electron chi connectivity index (χ1n) is 5.77. The Morgan fingerprint density at radius 3 is 2.72 bits per heavy atom. The van der Waals surface area contributed by atoms with Crippen molar-refractivity contribution in [3.8, 4) is 0 Å². The monoisotopic (exact) mass is 263 g/mol. The lowest BCUT2D eigenvalue weighted by Gasteiger charge is -2.09. The van der Waals surface area contributed by atoms with Crippen LogP contribution in [0.3, 0.4) is 0 Å². The summed E-state index contributed by atoms with van der Waals surface area (Å²) >= 11 is 5.64. The molecule has 0 bridgehead atoms. The average Bonchev–Trinajstić information content (AvgIpc) is 3.19. The highest BCUT2D eigenvalue weighted by molar-refractivity contribution is 6.30.